The molecule has 0 saturated heterocycles. The van der Waals surface area contributed by atoms with Gasteiger partial charge in [0.25, 0.3) is 0 Å². The molecule has 3 unspecified atom stereocenters. The van der Waals surface area contributed by atoms with Gasteiger partial charge in [-0.1, -0.05) is 20.3 Å². The molecule has 1 aliphatic rings. The monoisotopic (exact) mass is 218 g/mol. The van der Waals surface area contributed by atoms with Crippen LogP contribution in [0.5, 0.6) is 0 Å². The maximum absolute atomic E-state index is 4.22. The lowest BCUT2D eigenvalue weighted by Crippen LogP contribution is -2.24. The number of hydrogen-bond donors (Lipinski definition) is 1. The number of hydrogen-bond acceptors (Lipinski definition) is 2. The number of nitrogens with zero attached hydrogens (tertiary/aromatic N) is 1. The minimum atomic E-state index is 0.645. The van der Waals surface area contributed by atoms with Crippen molar-refractivity contribution in [1.82, 2.24) is 4.98 Å². The second-order valence-electron chi connectivity index (χ2n) is 5.04. The molecule has 1 aromatic heterocycles. The zero-order valence-corrected chi connectivity index (χ0v) is 10.5. The molecule has 1 heterocycles. The number of nitrogens with one attached hydrogen (secondary N) is 1. The third kappa shape index (κ3) is 2.37. The van der Waals surface area contributed by atoms with Gasteiger partial charge in [0.15, 0.2) is 0 Å². The van der Waals surface area contributed by atoms with Crippen LogP contribution in [0.25, 0.3) is 0 Å². The summed E-state index contributed by atoms with van der Waals surface area (Å²) in [5, 5.41) is 3.66. The Kier molecular flexibility index (Phi) is 3.47. The Labute approximate surface area is 98.5 Å². The molecule has 1 aliphatic carbocycles. The van der Waals surface area contributed by atoms with Crippen LogP contribution in [0.3, 0.4) is 0 Å². The fraction of sp³-hybridized carbons (Fsp3) is 0.643. The number of pyridine rings is 1. The van der Waals surface area contributed by atoms with Crippen molar-refractivity contribution in [1.29, 1.82) is 0 Å². The van der Waals surface area contributed by atoms with Crippen molar-refractivity contribution in [3.8, 4) is 0 Å². The van der Waals surface area contributed by atoms with Crippen LogP contribution in [0.2, 0.25) is 0 Å². The Hall–Kier alpha value is -1.05. The maximum Gasteiger partial charge on any atom is 0.0393 e. The van der Waals surface area contributed by atoms with Gasteiger partial charge in [0.2, 0.25) is 0 Å². The first kappa shape index (κ1) is 11.4. The predicted octanol–water partition coefficient (Wildman–Crippen LogP) is 3.63. The molecule has 1 aromatic rings. The van der Waals surface area contributed by atoms with Gasteiger partial charge in [-0.2, -0.15) is 0 Å². The lowest BCUT2D eigenvalue weighted by atomic mass is 9.93. The summed E-state index contributed by atoms with van der Waals surface area (Å²) in [6.07, 6.45) is 5.88. The zero-order chi connectivity index (χ0) is 11.5. The first-order chi connectivity index (χ1) is 7.70. The Morgan fingerprint density at radius 3 is 2.88 bits per heavy atom. The molecule has 1 N–H and O–H groups in total. The Morgan fingerprint density at radius 2 is 2.25 bits per heavy atom. The molecular formula is C14H22N2. The van der Waals surface area contributed by atoms with Crippen molar-refractivity contribution >= 4 is 5.69 Å². The van der Waals surface area contributed by atoms with E-state index in [0.29, 0.717) is 6.04 Å². The van der Waals surface area contributed by atoms with Crippen LogP contribution in [0, 0.1) is 18.8 Å². The Bertz CT molecular complexity index is 348. The van der Waals surface area contributed by atoms with Crippen LogP contribution in [0.4, 0.5) is 5.69 Å². The molecule has 0 aliphatic heterocycles. The van der Waals surface area contributed by atoms with E-state index in [9.17, 15) is 0 Å². The number of aryl methyl sites for hydroxylation is 1. The molecule has 0 radical (unpaired) electrons. The number of anilines is 1. The van der Waals surface area contributed by atoms with E-state index in [2.05, 4.69) is 36.3 Å². The molecule has 2 rings (SSSR count). The Morgan fingerprint density at radius 1 is 1.44 bits per heavy atom. The largest absolute Gasteiger partial charge is 0.382 e. The summed E-state index contributed by atoms with van der Waals surface area (Å²) in [6.45, 7) is 6.73. The first-order valence-corrected chi connectivity index (χ1v) is 6.40. The van der Waals surface area contributed by atoms with Crippen molar-refractivity contribution in [2.75, 3.05) is 5.32 Å². The van der Waals surface area contributed by atoms with Crippen LogP contribution in [0.15, 0.2) is 18.3 Å². The van der Waals surface area contributed by atoms with Gasteiger partial charge in [-0.3, -0.25) is 4.98 Å². The van der Waals surface area contributed by atoms with Crippen molar-refractivity contribution in [3.05, 3.63) is 24.0 Å². The summed E-state index contributed by atoms with van der Waals surface area (Å²) in [5.74, 6) is 1.69. The van der Waals surface area contributed by atoms with Gasteiger partial charge < -0.3 is 5.32 Å². The molecule has 1 fully saturated rings. The summed E-state index contributed by atoms with van der Waals surface area (Å²) in [5.41, 5.74) is 2.31. The van der Waals surface area contributed by atoms with Crippen LogP contribution in [-0.2, 0) is 0 Å². The van der Waals surface area contributed by atoms with Crippen LogP contribution >= 0.6 is 0 Å². The second-order valence-corrected chi connectivity index (χ2v) is 5.04. The molecule has 0 aromatic carbocycles. The average molecular weight is 218 g/mol. The lowest BCUT2D eigenvalue weighted by Gasteiger charge is -2.22. The van der Waals surface area contributed by atoms with Crippen molar-refractivity contribution in [2.24, 2.45) is 11.8 Å². The summed E-state index contributed by atoms with van der Waals surface area (Å²) >= 11 is 0. The van der Waals surface area contributed by atoms with E-state index in [-0.39, 0.29) is 0 Å². The molecule has 0 amide bonds. The van der Waals surface area contributed by atoms with Crippen LogP contribution in [0.1, 0.15) is 38.8 Å². The number of aromatic nitrogens is 1. The smallest absolute Gasteiger partial charge is 0.0393 e. The van der Waals surface area contributed by atoms with E-state index in [1.165, 1.54) is 24.9 Å². The normalized spacial score (nSPS) is 29.3. The molecule has 16 heavy (non-hydrogen) atoms. The van der Waals surface area contributed by atoms with Gasteiger partial charge in [0, 0.05) is 23.6 Å². The first-order valence-electron chi connectivity index (χ1n) is 6.40. The molecule has 3 atom stereocenters. The highest BCUT2D eigenvalue weighted by Crippen LogP contribution is 2.35. The molecule has 0 spiro atoms. The third-order valence-electron chi connectivity index (χ3n) is 4.00. The standard InChI is InChI=1S/C14H22N2/c1-4-12-5-6-14(11(12)3)16-13-7-8-15-10(2)9-13/h7-9,11-12,14H,4-6H2,1-3H3,(H,15,16). The highest BCUT2D eigenvalue weighted by molar-refractivity contribution is 5.44. The van der Waals surface area contributed by atoms with Gasteiger partial charge in [0.1, 0.15) is 0 Å². The van der Waals surface area contributed by atoms with Crippen LogP contribution in [-0.4, -0.2) is 11.0 Å². The molecular weight excluding hydrogens is 196 g/mol. The highest BCUT2D eigenvalue weighted by Gasteiger charge is 2.31. The van der Waals surface area contributed by atoms with Crippen LogP contribution < -0.4 is 5.32 Å². The fourth-order valence-electron chi connectivity index (χ4n) is 2.88. The highest BCUT2D eigenvalue weighted by atomic mass is 14.9. The Balaban J connectivity index is 2.00. The van der Waals surface area contributed by atoms with Gasteiger partial charge in [0.05, 0.1) is 0 Å². The number of rotatable bonds is 3. The minimum absolute atomic E-state index is 0.645. The van der Waals surface area contributed by atoms with E-state index in [1.807, 2.05) is 13.1 Å². The fourth-order valence-corrected chi connectivity index (χ4v) is 2.88. The van der Waals surface area contributed by atoms with E-state index in [0.717, 1.165) is 17.5 Å². The molecule has 88 valence electrons. The summed E-state index contributed by atoms with van der Waals surface area (Å²) in [7, 11) is 0. The van der Waals surface area contributed by atoms with Gasteiger partial charge in [-0.25, -0.2) is 0 Å². The minimum Gasteiger partial charge on any atom is -0.382 e. The van der Waals surface area contributed by atoms with Gasteiger partial charge in [-0.05, 0) is 43.7 Å². The van der Waals surface area contributed by atoms with Crippen molar-refractivity contribution < 1.29 is 0 Å². The summed E-state index contributed by atoms with van der Waals surface area (Å²) in [6, 6.07) is 4.84. The molecule has 2 nitrogen and oxygen atoms in total. The van der Waals surface area contributed by atoms with Gasteiger partial charge >= 0.3 is 0 Å². The van der Waals surface area contributed by atoms with E-state index in [1.54, 1.807) is 0 Å². The second kappa shape index (κ2) is 4.86. The van der Waals surface area contributed by atoms with Crippen molar-refractivity contribution in [2.45, 2.75) is 46.1 Å². The third-order valence-corrected chi connectivity index (χ3v) is 4.00. The van der Waals surface area contributed by atoms with E-state index >= 15 is 0 Å². The zero-order valence-electron chi connectivity index (χ0n) is 10.5. The van der Waals surface area contributed by atoms with Gasteiger partial charge in [-0.15, -0.1) is 0 Å². The maximum atomic E-state index is 4.22. The molecule has 0 bridgehead atoms. The van der Waals surface area contributed by atoms with Crippen molar-refractivity contribution in [3.63, 3.8) is 0 Å². The predicted molar refractivity (Wildman–Crippen MR) is 68.6 cm³/mol. The topological polar surface area (TPSA) is 24.9 Å². The van der Waals surface area contributed by atoms with E-state index < -0.39 is 0 Å². The average Bonchev–Trinajstić information content (AvgIpc) is 2.60. The molecule has 1 saturated carbocycles. The summed E-state index contributed by atoms with van der Waals surface area (Å²) in [4.78, 5) is 4.22. The summed E-state index contributed by atoms with van der Waals surface area (Å²) < 4.78 is 0. The molecule has 2 heteroatoms. The van der Waals surface area contributed by atoms with E-state index in [4.69, 9.17) is 0 Å². The lowest BCUT2D eigenvalue weighted by molar-refractivity contribution is 0.392. The SMILES string of the molecule is CCC1CCC(Nc2ccnc(C)c2)C1C. The quantitative estimate of drug-likeness (QED) is 0.838.